The van der Waals surface area contributed by atoms with E-state index >= 15 is 4.39 Å². The van der Waals surface area contributed by atoms with E-state index in [1.165, 1.54) is 24.3 Å². The summed E-state index contributed by atoms with van der Waals surface area (Å²) >= 11 is 0. The van der Waals surface area contributed by atoms with Crippen LogP contribution in [-0.4, -0.2) is 42.9 Å². The minimum absolute atomic E-state index is 0.151. The fourth-order valence-electron chi connectivity index (χ4n) is 4.72. The summed E-state index contributed by atoms with van der Waals surface area (Å²) < 4.78 is 40.4. The van der Waals surface area contributed by atoms with Gasteiger partial charge in [0.05, 0.1) is 4.90 Å². The van der Waals surface area contributed by atoms with Crippen molar-refractivity contribution >= 4 is 15.7 Å². The van der Waals surface area contributed by atoms with Gasteiger partial charge in [0.25, 0.3) is 0 Å². The molecule has 1 saturated heterocycles. The van der Waals surface area contributed by atoms with Crippen molar-refractivity contribution in [2.45, 2.75) is 74.8 Å². The number of halogens is 1. The number of likely N-dealkylation sites (tertiary alicyclic amines) is 1. The Hall–Kier alpha value is -2.25. The fraction of sp³-hybridized carbons (Fsp3) is 0.519. The van der Waals surface area contributed by atoms with E-state index in [1.807, 2.05) is 11.0 Å². The monoisotopic (exact) mass is 489 g/mol. The number of alkyl halides is 1. The Balaban J connectivity index is 1.76. The van der Waals surface area contributed by atoms with Gasteiger partial charge in [0.15, 0.2) is 0 Å². The molecule has 4 unspecified atom stereocenters. The highest BCUT2D eigenvalue weighted by atomic mass is 32.2. The summed E-state index contributed by atoms with van der Waals surface area (Å²) in [6.45, 7) is 7.63. The van der Waals surface area contributed by atoms with Crippen molar-refractivity contribution in [3.8, 4) is 0 Å². The van der Waals surface area contributed by atoms with Crippen molar-refractivity contribution in [3.63, 3.8) is 0 Å². The first-order chi connectivity index (χ1) is 16.1. The normalized spacial score (nSPS) is 22.9. The summed E-state index contributed by atoms with van der Waals surface area (Å²) in [7, 11) is -4.34. The molecule has 5 nitrogen and oxygen atoms in total. The van der Waals surface area contributed by atoms with Gasteiger partial charge in [0.2, 0.25) is 21.2 Å². The number of sulfone groups is 1. The van der Waals surface area contributed by atoms with E-state index in [9.17, 15) is 18.3 Å². The number of aliphatic hydroxyl groups excluding tert-OH is 1. The first-order valence-electron chi connectivity index (χ1n) is 12.1. The number of rotatable bonds is 9. The van der Waals surface area contributed by atoms with E-state index in [4.69, 9.17) is 0 Å². The van der Waals surface area contributed by atoms with Crippen LogP contribution in [0.4, 0.5) is 4.39 Å². The second kappa shape index (κ2) is 11.0. The highest BCUT2D eigenvalue weighted by Crippen LogP contribution is 2.41. The Bertz CT molecular complexity index is 1080. The molecule has 7 heteroatoms. The summed E-state index contributed by atoms with van der Waals surface area (Å²) in [6.07, 6.45) is 2.56. The van der Waals surface area contributed by atoms with Crippen LogP contribution in [0.15, 0.2) is 59.5 Å². The summed E-state index contributed by atoms with van der Waals surface area (Å²) in [5.74, 6) is 0.343. The lowest BCUT2D eigenvalue weighted by atomic mass is 9.67. The number of hydrogen-bond donors (Lipinski definition) is 1. The standard InChI is InChI=1S/C27H36FNO4S/c1-4-5-7-15-24(30)29-17-16-27(3,20(2)19-29)22-12-10-11-21(18-22)25(31)26(28)34(32,33)23-13-8-6-9-14-23/h6,8-14,18,20,25-26,31H,4-5,7,15-17,19H2,1-3H3. The molecule has 0 radical (unpaired) electrons. The smallest absolute Gasteiger partial charge is 0.234 e. The fourth-order valence-corrected chi connectivity index (χ4v) is 6.01. The van der Waals surface area contributed by atoms with Crippen LogP contribution in [0.2, 0.25) is 0 Å². The maximum atomic E-state index is 15.1. The highest BCUT2D eigenvalue weighted by Gasteiger charge is 2.40. The molecule has 0 bridgehead atoms. The van der Waals surface area contributed by atoms with Crippen LogP contribution < -0.4 is 0 Å². The van der Waals surface area contributed by atoms with Gasteiger partial charge in [-0.2, -0.15) is 0 Å². The molecule has 0 spiro atoms. The average molecular weight is 490 g/mol. The van der Waals surface area contributed by atoms with Crippen LogP contribution in [0, 0.1) is 5.92 Å². The maximum absolute atomic E-state index is 15.1. The SMILES string of the molecule is CCCCCC(=O)N1CCC(C)(c2cccc(C(O)C(F)S(=O)(=O)c3ccccc3)c2)C(C)C1. The van der Waals surface area contributed by atoms with Gasteiger partial charge in [-0.1, -0.05) is 76.1 Å². The van der Waals surface area contributed by atoms with Crippen molar-refractivity contribution < 1.29 is 22.7 Å². The van der Waals surface area contributed by atoms with E-state index in [1.54, 1.807) is 24.3 Å². The van der Waals surface area contributed by atoms with Gasteiger partial charge in [-0.25, -0.2) is 12.8 Å². The molecular formula is C27H36FNO4S. The summed E-state index contributed by atoms with van der Waals surface area (Å²) in [5, 5.41) is 10.7. The predicted octanol–water partition coefficient (Wildman–Crippen LogP) is 5.20. The molecule has 1 fully saturated rings. The third kappa shape index (κ3) is 5.52. The van der Waals surface area contributed by atoms with E-state index < -0.39 is 21.4 Å². The van der Waals surface area contributed by atoms with Crippen molar-refractivity contribution in [2.24, 2.45) is 5.92 Å². The van der Waals surface area contributed by atoms with E-state index in [-0.39, 0.29) is 27.7 Å². The number of nitrogens with zero attached hydrogens (tertiary/aromatic N) is 1. The van der Waals surface area contributed by atoms with Gasteiger partial charge in [0.1, 0.15) is 6.10 Å². The van der Waals surface area contributed by atoms with Crippen molar-refractivity contribution in [1.29, 1.82) is 0 Å². The lowest BCUT2D eigenvalue weighted by molar-refractivity contribution is -0.134. The minimum Gasteiger partial charge on any atom is -0.384 e. The zero-order valence-electron chi connectivity index (χ0n) is 20.3. The van der Waals surface area contributed by atoms with Gasteiger partial charge in [-0.3, -0.25) is 4.79 Å². The molecule has 1 heterocycles. The first kappa shape index (κ1) is 26.4. The van der Waals surface area contributed by atoms with E-state index in [2.05, 4.69) is 20.8 Å². The highest BCUT2D eigenvalue weighted by molar-refractivity contribution is 7.92. The topological polar surface area (TPSA) is 74.7 Å². The summed E-state index contributed by atoms with van der Waals surface area (Å²) in [4.78, 5) is 14.4. The molecule has 2 aromatic rings. The third-order valence-corrected chi connectivity index (χ3v) is 9.11. The molecule has 4 atom stereocenters. The quantitative estimate of drug-likeness (QED) is 0.492. The van der Waals surface area contributed by atoms with Crippen LogP contribution in [0.5, 0.6) is 0 Å². The summed E-state index contributed by atoms with van der Waals surface area (Å²) in [5.41, 5.74) is -1.60. The Kier molecular flexibility index (Phi) is 8.52. The largest absolute Gasteiger partial charge is 0.384 e. The molecule has 1 N–H and O–H groups in total. The molecule has 1 amide bonds. The van der Waals surface area contributed by atoms with Crippen LogP contribution in [0.3, 0.4) is 0 Å². The van der Waals surface area contributed by atoms with Crippen molar-refractivity contribution in [2.75, 3.05) is 13.1 Å². The van der Waals surface area contributed by atoms with E-state index in [0.717, 1.165) is 31.2 Å². The summed E-state index contributed by atoms with van der Waals surface area (Å²) in [6, 6.07) is 14.3. The number of amides is 1. The van der Waals surface area contributed by atoms with Gasteiger partial charge in [-0.15, -0.1) is 0 Å². The van der Waals surface area contributed by atoms with E-state index in [0.29, 0.717) is 19.5 Å². The maximum Gasteiger partial charge on any atom is 0.234 e. The Morgan fingerprint density at radius 3 is 2.53 bits per heavy atom. The number of unbranched alkanes of at least 4 members (excludes halogenated alkanes) is 2. The first-order valence-corrected chi connectivity index (χ1v) is 13.6. The molecule has 186 valence electrons. The van der Waals surface area contributed by atoms with Crippen LogP contribution in [-0.2, 0) is 20.0 Å². The van der Waals surface area contributed by atoms with Gasteiger partial charge < -0.3 is 10.0 Å². The number of benzene rings is 2. The lowest BCUT2D eigenvalue weighted by Crippen LogP contribution is -2.49. The predicted molar refractivity (Wildman–Crippen MR) is 132 cm³/mol. The number of aliphatic hydroxyl groups is 1. The molecule has 3 rings (SSSR count). The lowest BCUT2D eigenvalue weighted by Gasteiger charge is -2.45. The zero-order valence-corrected chi connectivity index (χ0v) is 21.1. The van der Waals surface area contributed by atoms with Crippen LogP contribution in [0.25, 0.3) is 0 Å². The Labute approximate surface area is 202 Å². The number of carbonyl (C=O) groups is 1. The number of carbonyl (C=O) groups excluding carboxylic acids is 1. The zero-order chi connectivity index (χ0) is 24.9. The second-order valence-electron chi connectivity index (χ2n) is 9.64. The minimum atomic E-state index is -4.34. The molecule has 1 aliphatic rings. The number of hydrogen-bond acceptors (Lipinski definition) is 4. The second-order valence-corrected chi connectivity index (χ2v) is 11.7. The van der Waals surface area contributed by atoms with Crippen molar-refractivity contribution in [3.05, 3.63) is 65.7 Å². The van der Waals surface area contributed by atoms with Gasteiger partial charge in [-0.05, 0) is 47.4 Å². The number of piperidine rings is 1. The molecule has 0 aliphatic carbocycles. The third-order valence-electron chi connectivity index (χ3n) is 7.33. The van der Waals surface area contributed by atoms with Crippen LogP contribution >= 0.6 is 0 Å². The molecule has 0 aromatic heterocycles. The molecule has 0 saturated carbocycles. The molecular weight excluding hydrogens is 453 g/mol. The Morgan fingerprint density at radius 1 is 1.18 bits per heavy atom. The molecule has 34 heavy (non-hydrogen) atoms. The van der Waals surface area contributed by atoms with Crippen molar-refractivity contribution in [1.82, 2.24) is 4.90 Å². The van der Waals surface area contributed by atoms with Gasteiger partial charge in [0, 0.05) is 19.5 Å². The Morgan fingerprint density at radius 2 is 1.88 bits per heavy atom. The van der Waals surface area contributed by atoms with Gasteiger partial charge >= 0.3 is 0 Å². The molecule has 2 aromatic carbocycles. The molecule has 1 aliphatic heterocycles. The average Bonchev–Trinajstić information content (AvgIpc) is 2.85. The van der Waals surface area contributed by atoms with Crippen LogP contribution in [0.1, 0.15) is 70.1 Å².